The average molecular weight is 417 g/mol. The number of esters is 2. The number of hydrogen-bond acceptors (Lipinski definition) is 4. The fraction of sp³-hybridized carbons (Fsp3) is 0.857. The van der Waals surface area contributed by atoms with Gasteiger partial charge in [0.05, 0.1) is 55.1 Å². The van der Waals surface area contributed by atoms with Crippen LogP contribution in [0.1, 0.15) is 12.8 Å². The molecular formula is C14H30IN2O4+. The van der Waals surface area contributed by atoms with Crippen LogP contribution in [-0.2, 0) is 19.1 Å². The van der Waals surface area contributed by atoms with E-state index < -0.39 is 0 Å². The average Bonchev–Trinajstić information content (AvgIpc) is 2.22. The third kappa shape index (κ3) is 17.5. The molecule has 0 amide bonds. The molecular weight excluding hydrogens is 387 g/mol. The molecule has 0 aliphatic carbocycles. The first-order valence-corrected chi connectivity index (χ1v) is 6.92. The van der Waals surface area contributed by atoms with Crippen LogP contribution >= 0.6 is 0 Å². The van der Waals surface area contributed by atoms with Crippen molar-refractivity contribution in [3.63, 3.8) is 0 Å². The van der Waals surface area contributed by atoms with Crippen LogP contribution < -0.4 is 24.0 Å². The number of likely N-dealkylation sites (N-methyl/N-ethyl adjacent to an activating group) is 2. The molecule has 0 aliphatic rings. The summed E-state index contributed by atoms with van der Waals surface area (Å²) in [5.41, 5.74) is 0. The van der Waals surface area contributed by atoms with Crippen molar-refractivity contribution in [2.24, 2.45) is 0 Å². The van der Waals surface area contributed by atoms with Gasteiger partial charge in [0.2, 0.25) is 0 Å². The van der Waals surface area contributed by atoms with E-state index in [-0.39, 0.29) is 48.8 Å². The minimum Gasteiger partial charge on any atom is -1.00 e. The standard InChI is InChI=1S/C14H30N2O4.HI/c1-15(2,3)9-11-19-13(17)7-8-14(18)20-12-10-16(4,5)6;/h7-12H2,1-6H3;1H/q+2;/p-1. The second kappa shape index (κ2) is 10.3. The van der Waals surface area contributed by atoms with Crippen LogP contribution in [0.2, 0.25) is 0 Å². The lowest BCUT2D eigenvalue weighted by atomic mass is 10.3. The molecule has 0 saturated carbocycles. The topological polar surface area (TPSA) is 52.6 Å². The maximum atomic E-state index is 11.4. The van der Waals surface area contributed by atoms with Crippen molar-refractivity contribution in [1.82, 2.24) is 0 Å². The predicted octanol–water partition coefficient (Wildman–Crippen LogP) is -2.73. The Balaban J connectivity index is 0. The van der Waals surface area contributed by atoms with Crippen LogP contribution in [-0.4, -0.2) is 89.5 Å². The third-order valence-electron chi connectivity index (χ3n) is 2.58. The molecule has 0 spiro atoms. The molecule has 0 aromatic carbocycles. The van der Waals surface area contributed by atoms with Gasteiger partial charge in [-0.1, -0.05) is 0 Å². The molecule has 0 unspecified atom stereocenters. The van der Waals surface area contributed by atoms with Crippen molar-refractivity contribution in [3.05, 3.63) is 0 Å². The number of nitrogens with zero attached hydrogens (tertiary/aromatic N) is 2. The monoisotopic (exact) mass is 417 g/mol. The Hall–Kier alpha value is -0.410. The molecule has 0 saturated heterocycles. The van der Waals surface area contributed by atoms with Gasteiger partial charge in [0.1, 0.15) is 26.3 Å². The van der Waals surface area contributed by atoms with Crippen LogP contribution in [0.25, 0.3) is 0 Å². The first-order valence-electron chi connectivity index (χ1n) is 6.92. The summed E-state index contributed by atoms with van der Waals surface area (Å²) in [7, 11) is 12.2. The highest BCUT2D eigenvalue weighted by atomic mass is 127. The Kier molecular flexibility index (Phi) is 11.3. The molecule has 0 fully saturated rings. The van der Waals surface area contributed by atoms with Crippen molar-refractivity contribution in [3.8, 4) is 0 Å². The van der Waals surface area contributed by atoms with Gasteiger partial charge in [-0.3, -0.25) is 9.59 Å². The van der Waals surface area contributed by atoms with Crippen molar-refractivity contribution in [2.75, 3.05) is 68.6 Å². The van der Waals surface area contributed by atoms with E-state index in [0.29, 0.717) is 13.2 Å². The smallest absolute Gasteiger partial charge is 0.306 e. The van der Waals surface area contributed by atoms with Crippen LogP contribution in [0.3, 0.4) is 0 Å². The zero-order valence-corrected chi connectivity index (χ0v) is 16.3. The van der Waals surface area contributed by atoms with Gasteiger partial charge in [0, 0.05) is 0 Å². The third-order valence-corrected chi connectivity index (χ3v) is 2.58. The highest BCUT2D eigenvalue weighted by Crippen LogP contribution is 1.98. The number of quaternary nitrogens is 2. The minimum atomic E-state index is -0.345. The zero-order chi connectivity index (χ0) is 15.8. The molecule has 6 nitrogen and oxygen atoms in total. The number of halogens is 1. The van der Waals surface area contributed by atoms with E-state index in [4.69, 9.17) is 9.47 Å². The second-order valence-electron chi connectivity index (χ2n) is 6.97. The molecule has 0 aliphatic heterocycles. The fourth-order valence-electron chi connectivity index (χ4n) is 1.22. The summed E-state index contributed by atoms with van der Waals surface area (Å²) in [5.74, 6) is -0.691. The van der Waals surface area contributed by atoms with Crippen LogP contribution in [0.4, 0.5) is 0 Å². The second-order valence-corrected chi connectivity index (χ2v) is 6.97. The molecule has 0 atom stereocenters. The van der Waals surface area contributed by atoms with E-state index in [2.05, 4.69) is 0 Å². The van der Waals surface area contributed by atoms with Gasteiger partial charge in [-0.25, -0.2) is 0 Å². The van der Waals surface area contributed by atoms with Crippen molar-refractivity contribution in [2.45, 2.75) is 12.8 Å². The lowest BCUT2D eigenvalue weighted by molar-refractivity contribution is -0.870. The van der Waals surface area contributed by atoms with Crippen molar-refractivity contribution < 1.29 is 52.0 Å². The van der Waals surface area contributed by atoms with Gasteiger partial charge in [-0.15, -0.1) is 0 Å². The summed E-state index contributed by atoms with van der Waals surface area (Å²) < 4.78 is 11.6. The summed E-state index contributed by atoms with van der Waals surface area (Å²) in [6.45, 7) is 2.25. The highest BCUT2D eigenvalue weighted by Gasteiger charge is 2.13. The summed E-state index contributed by atoms with van der Waals surface area (Å²) in [6.07, 6.45) is 0.167. The van der Waals surface area contributed by atoms with Gasteiger partial charge in [0.25, 0.3) is 0 Å². The van der Waals surface area contributed by atoms with Crippen LogP contribution in [0.15, 0.2) is 0 Å². The first kappa shape index (κ1) is 22.9. The normalized spacial score (nSPS) is 11.5. The summed E-state index contributed by atoms with van der Waals surface area (Å²) >= 11 is 0. The molecule has 126 valence electrons. The number of carbonyl (C=O) groups excluding carboxylic acids is 2. The molecule has 0 bridgehead atoms. The number of hydrogen-bond donors (Lipinski definition) is 0. The quantitative estimate of drug-likeness (QED) is 0.232. The lowest BCUT2D eigenvalue weighted by Crippen LogP contribution is -3.00. The van der Waals surface area contributed by atoms with Crippen LogP contribution in [0.5, 0.6) is 0 Å². The number of ether oxygens (including phenoxy) is 2. The maximum absolute atomic E-state index is 11.4. The van der Waals surface area contributed by atoms with E-state index in [1.54, 1.807) is 0 Å². The molecule has 0 radical (unpaired) electrons. The Labute approximate surface area is 145 Å². The van der Waals surface area contributed by atoms with Crippen molar-refractivity contribution in [1.29, 1.82) is 0 Å². The minimum absolute atomic E-state index is 0. The van der Waals surface area contributed by atoms with E-state index in [1.165, 1.54) is 0 Å². The summed E-state index contributed by atoms with van der Waals surface area (Å²) in [5, 5.41) is 0. The summed E-state index contributed by atoms with van der Waals surface area (Å²) in [4.78, 5) is 22.9. The largest absolute Gasteiger partial charge is 1.00 e. The fourth-order valence-corrected chi connectivity index (χ4v) is 1.22. The Bertz CT molecular complexity index is 290. The van der Waals surface area contributed by atoms with Gasteiger partial charge in [-0.2, -0.15) is 0 Å². The Morgan fingerprint density at radius 2 is 1.00 bits per heavy atom. The SMILES string of the molecule is C[N+](C)(C)CCOC(=O)CCC(=O)OCC[N+](C)(C)C.[I-]. The number of rotatable bonds is 9. The van der Waals surface area contributed by atoms with Crippen molar-refractivity contribution >= 4 is 11.9 Å². The van der Waals surface area contributed by atoms with E-state index in [1.807, 2.05) is 42.3 Å². The Morgan fingerprint density at radius 1 is 0.714 bits per heavy atom. The highest BCUT2D eigenvalue weighted by molar-refractivity contribution is 5.77. The molecule has 7 heteroatoms. The van der Waals surface area contributed by atoms with E-state index in [9.17, 15) is 9.59 Å². The molecule has 0 heterocycles. The first-order chi connectivity index (χ1) is 8.99. The zero-order valence-electron chi connectivity index (χ0n) is 14.1. The van der Waals surface area contributed by atoms with Gasteiger partial charge in [0.15, 0.2) is 0 Å². The molecule has 0 rings (SSSR count). The molecule has 0 aromatic rings. The lowest BCUT2D eigenvalue weighted by Gasteiger charge is -2.23. The van der Waals surface area contributed by atoms with E-state index in [0.717, 1.165) is 22.1 Å². The molecule has 0 aromatic heterocycles. The molecule has 0 N–H and O–H groups in total. The van der Waals surface area contributed by atoms with Gasteiger partial charge >= 0.3 is 11.9 Å². The van der Waals surface area contributed by atoms with Gasteiger partial charge < -0.3 is 42.4 Å². The van der Waals surface area contributed by atoms with E-state index >= 15 is 0 Å². The van der Waals surface area contributed by atoms with Crippen LogP contribution in [0, 0.1) is 0 Å². The molecule has 21 heavy (non-hydrogen) atoms. The maximum Gasteiger partial charge on any atom is 0.306 e. The Morgan fingerprint density at radius 3 is 1.24 bits per heavy atom. The number of carbonyl (C=O) groups is 2. The predicted molar refractivity (Wildman–Crippen MR) is 77.0 cm³/mol. The summed E-state index contributed by atoms with van der Waals surface area (Å²) in [6, 6.07) is 0. The van der Waals surface area contributed by atoms with Gasteiger partial charge in [-0.05, 0) is 0 Å².